The average molecular weight is 305 g/mol. The molecule has 7 nitrogen and oxygen atoms in total. The van der Waals surface area contributed by atoms with Crippen LogP contribution in [0.1, 0.15) is 27.2 Å². The summed E-state index contributed by atoms with van der Waals surface area (Å²) in [5.74, 6) is 0. The lowest BCUT2D eigenvalue weighted by atomic mass is 10.2. The Balaban J connectivity index is 1.98. The monoisotopic (exact) mass is 305 g/mol. The van der Waals surface area contributed by atoms with E-state index >= 15 is 0 Å². The Morgan fingerprint density at radius 1 is 1.20 bits per heavy atom. The van der Waals surface area contributed by atoms with E-state index in [0.717, 1.165) is 0 Å². The summed E-state index contributed by atoms with van der Waals surface area (Å²) in [6.45, 7) is 7.39. The van der Waals surface area contributed by atoms with Crippen molar-refractivity contribution in [3.05, 3.63) is 0 Å². The van der Waals surface area contributed by atoms with Gasteiger partial charge in [-0.15, -0.1) is 0 Å². The van der Waals surface area contributed by atoms with E-state index in [1.807, 2.05) is 20.8 Å². The highest BCUT2D eigenvalue weighted by Gasteiger charge is 2.42. The number of rotatable bonds is 1. The van der Waals surface area contributed by atoms with Gasteiger partial charge in [-0.3, -0.25) is 0 Å². The van der Waals surface area contributed by atoms with E-state index in [0.29, 0.717) is 32.6 Å². The Labute approximate surface area is 120 Å². The molecule has 0 spiro atoms. The highest BCUT2D eigenvalue weighted by atomic mass is 32.2. The largest absolute Gasteiger partial charge is 0.444 e. The van der Waals surface area contributed by atoms with Gasteiger partial charge in [-0.2, -0.15) is 17.0 Å². The van der Waals surface area contributed by atoms with Gasteiger partial charge in [0.05, 0.1) is 0 Å². The molecule has 0 aromatic heterocycles. The average Bonchev–Trinajstić information content (AvgIpc) is 2.83. The van der Waals surface area contributed by atoms with Crippen molar-refractivity contribution in [2.45, 2.75) is 38.8 Å². The third-order valence-electron chi connectivity index (χ3n) is 3.55. The Morgan fingerprint density at radius 3 is 2.35 bits per heavy atom. The molecule has 0 unspecified atom stereocenters. The van der Waals surface area contributed by atoms with Gasteiger partial charge in [0.2, 0.25) is 0 Å². The molecule has 0 radical (unpaired) electrons. The first-order chi connectivity index (χ1) is 9.11. The van der Waals surface area contributed by atoms with Crippen molar-refractivity contribution >= 4 is 16.3 Å². The molecular weight excluding hydrogens is 282 g/mol. The molecule has 0 aromatic rings. The molecule has 1 atom stereocenters. The lowest BCUT2D eigenvalue weighted by molar-refractivity contribution is 0.0287. The predicted molar refractivity (Wildman–Crippen MR) is 74.5 cm³/mol. The minimum absolute atomic E-state index is 0.141. The zero-order valence-electron chi connectivity index (χ0n) is 12.5. The lowest BCUT2D eigenvalue weighted by Crippen LogP contribution is -2.42. The van der Waals surface area contributed by atoms with Gasteiger partial charge in [0.15, 0.2) is 0 Å². The van der Waals surface area contributed by atoms with Crippen LogP contribution in [0, 0.1) is 0 Å². The van der Waals surface area contributed by atoms with Crippen molar-refractivity contribution < 1.29 is 17.9 Å². The first-order valence-corrected chi connectivity index (χ1v) is 8.22. The number of amides is 1. The molecule has 1 amide bonds. The standard InChI is InChI=1S/C12H23N3O4S/c1-12(2,3)19-11(16)14-6-5-10(9-14)15-8-7-13(4)20(15,17)18/h10H,5-9H2,1-4H3/t10-/m1/s1. The summed E-state index contributed by atoms with van der Waals surface area (Å²) in [7, 11) is -1.77. The summed E-state index contributed by atoms with van der Waals surface area (Å²) in [5.41, 5.74) is -0.533. The van der Waals surface area contributed by atoms with Crippen molar-refractivity contribution in [1.82, 2.24) is 13.5 Å². The van der Waals surface area contributed by atoms with Crippen molar-refractivity contribution in [2.75, 3.05) is 33.2 Å². The number of likely N-dealkylation sites (N-methyl/N-ethyl adjacent to an activating group) is 1. The number of likely N-dealkylation sites (tertiary alicyclic amines) is 1. The van der Waals surface area contributed by atoms with Crippen LogP contribution < -0.4 is 0 Å². The first kappa shape index (κ1) is 15.5. The second-order valence-corrected chi connectivity index (χ2v) is 8.30. The fraction of sp³-hybridized carbons (Fsp3) is 0.917. The number of hydrogen-bond donors (Lipinski definition) is 0. The van der Waals surface area contributed by atoms with Crippen LogP contribution >= 0.6 is 0 Å². The summed E-state index contributed by atoms with van der Waals surface area (Å²) in [6.07, 6.45) is 0.289. The van der Waals surface area contributed by atoms with Gasteiger partial charge in [0.1, 0.15) is 5.60 Å². The first-order valence-electron chi connectivity index (χ1n) is 6.82. The highest BCUT2D eigenvalue weighted by Crippen LogP contribution is 2.25. The van der Waals surface area contributed by atoms with Gasteiger partial charge in [0, 0.05) is 39.3 Å². The topological polar surface area (TPSA) is 70.2 Å². The molecule has 2 aliphatic rings. The molecule has 2 fully saturated rings. The molecular formula is C12H23N3O4S. The van der Waals surface area contributed by atoms with Gasteiger partial charge < -0.3 is 9.64 Å². The van der Waals surface area contributed by atoms with E-state index in [4.69, 9.17) is 4.74 Å². The minimum atomic E-state index is -3.35. The normalized spacial score (nSPS) is 28.0. The van der Waals surface area contributed by atoms with E-state index in [-0.39, 0.29) is 12.1 Å². The minimum Gasteiger partial charge on any atom is -0.444 e. The summed E-state index contributed by atoms with van der Waals surface area (Å²) in [4.78, 5) is 13.6. The van der Waals surface area contributed by atoms with Gasteiger partial charge in [-0.1, -0.05) is 0 Å². The summed E-state index contributed by atoms with van der Waals surface area (Å²) in [6, 6.07) is -0.141. The summed E-state index contributed by atoms with van der Waals surface area (Å²) < 4.78 is 32.4. The summed E-state index contributed by atoms with van der Waals surface area (Å²) in [5, 5.41) is 0. The molecule has 8 heteroatoms. The maximum atomic E-state index is 12.1. The van der Waals surface area contributed by atoms with Crippen LogP contribution in [0.2, 0.25) is 0 Å². The van der Waals surface area contributed by atoms with Gasteiger partial charge in [-0.25, -0.2) is 4.79 Å². The van der Waals surface area contributed by atoms with Crippen LogP contribution in [0.3, 0.4) is 0 Å². The van der Waals surface area contributed by atoms with Crippen molar-refractivity contribution in [1.29, 1.82) is 0 Å². The van der Waals surface area contributed by atoms with Crippen LogP contribution in [0.25, 0.3) is 0 Å². The van der Waals surface area contributed by atoms with Crippen LogP contribution in [-0.2, 0) is 14.9 Å². The number of carbonyl (C=O) groups is 1. The van der Waals surface area contributed by atoms with E-state index in [2.05, 4.69) is 0 Å². The Kier molecular flexibility index (Phi) is 4.01. The highest BCUT2D eigenvalue weighted by molar-refractivity contribution is 7.87. The zero-order valence-corrected chi connectivity index (χ0v) is 13.3. The van der Waals surface area contributed by atoms with Crippen molar-refractivity contribution in [3.8, 4) is 0 Å². The maximum Gasteiger partial charge on any atom is 0.410 e. The maximum absolute atomic E-state index is 12.1. The molecule has 20 heavy (non-hydrogen) atoms. The van der Waals surface area contributed by atoms with E-state index < -0.39 is 15.8 Å². The third-order valence-corrected chi connectivity index (χ3v) is 5.59. The zero-order chi connectivity index (χ0) is 15.1. The number of ether oxygens (including phenoxy) is 1. The molecule has 0 bridgehead atoms. The molecule has 116 valence electrons. The summed E-state index contributed by atoms with van der Waals surface area (Å²) >= 11 is 0. The number of hydrogen-bond acceptors (Lipinski definition) is 4. The second-order valence-electron chi connectivity index (χ2n) is 6.31. The van der Waals surface area contributed by atoms with Crippen LogP contribution in [-0.4, -0.2) is 72.9 Å². The Morgan fingerprint density at radius 2 is 1.85 bits per heavy atom. The second kappa shape index (κ2) is 5.16. The Bertz CT molecular complexity index is 485. The van der Waals surface area contributed by atoms with Crippen molar-refractivity contribution in [3.63, 3.8) is 0 Å². The lowest BCUT2D eigenvalue weighted by Gasteiger charge is -2.26. The number of carbonyl (C=O) groups excluding carboxylic acids is 1. The number of nitrogens with zero attached hydrogens (tertiary/aromatic N) is 3. The van der Waals surface area contributed by atoms with Crippen LogP contribution in [0.15, 0.2) is 0 Å². The Hall–Kier alpha value is -0.860. The third kappa shape index (κ3) is 3.07. The molecule has 2 aliphatic heterocycles. The predicted octanol–water partition coefficient (Wildman–Crippen LogP) is 0.488. The van der Waals surface area contributed by atoms with Crippen molar-refractivity contribution in [2.24, 2.45) is 0 Å². The van der Waals surface area contributed by atoms with E-state index in [9.17, 15) is 13.2 Å². The molecule has 2 heterocycles. The van der Waals surface area contributed by atoms with Gasteiger partial charge in [0.25, 0.3) is 10.2 Å². The molecule has 2 saturated heterocycles. The molecule has 0 aliphatic carbocycles. The van der Waals surface area contributed by atoms with Crippen LogP contribution in [0.5, 0.6) is 0 Å². The van der Waals surface area contributed by atoms with E-state index in [1.54, 1.807) is 11.9 Å². The molecule has 2 rings (SSSR count). The molecule has 0 N–H and O–H groups in total. The fourth-order valence-electron chi connectivity index (χ4n) is 2.49. The van der Waals surface area contributed by atoms with Gasteiger partial charge >= 0.3 is 6.09 Å². The molecule has 0 saturated carbocycles. The quantitative estimate of drug-likeness (QED) is 0.707. The molecule has 0 aromatic carbocycles. The van der Waals surface area contributed by atoms with Gasteiger partial charge in [-0.05, 0) is 27.2 Å². The van der Waals surface area contributed by atoms with E-state index in [1.165, 1.54) is 8.61 Å². The smallest absolute Gasteiger partial charge is 0.410 e. The van der Waals surface area contributed by atoms with Crippen LogP contribution in [0.4, 0.5) is 4.79 Å². The fourth-order valence-corrected chi connectivity index (χ4v) is 4.02. The SMILES string of the molecule is CN1CCN([C@@H]2CCN(C(=O)OC(C)(C)C)C2)S1(=O)=O.